The second-order valence-corrected chi connectivity index (χ2v) is 4.38. The molecule has 0 N–H and O–H groups in total. The lowest BCUT2D eigenvalue weighted by Gasteiger charge is -2.07. The molecule has 0 amide bonds. The van der Waals surface area contributed by atoms with E-state index in [4.69, 9.17) is 0 Å². The Labute approximate surface area is 86.3 Å². The van der Waals surface area contributed by atoms with Crippen molar-refractivity contribution < 1.29 is 4.79 Å². The molecule has 0 aliphatic heterocycles. The highest BCUT2D eigenvalue weighted by Crippen LogP contribution is 2.31. The molecule has 68 valence electrons. The van der Waals surface area contributed by atoms with Crippen molar-refractivity contribution in [1.82, 2.24) is 0 Å². The highest BCUT2D eigenvalue weighted by molar-refractivity contribution is 9.10. The van der Waals surface area contributed by atoms with E-state index in [1.165, 1.54) is 5.56 Å². The maximum absolute atomic E-state index is 11.4. The molecule has 1 nitrogen and oxygen atoms in total. The maximum atomic E-state index is 11.4. The molecule has 2 rings (SSSR count). The molecule has 1 aliphatic carbocycles. The molecule has 0 saturated heterocycles. The first-order valence-corrected chi connectivity index (χ1v) is 5.35. The Morgan fingerprint density at radius 1 is 1.23 bits per heavy atom. The summed E-state index contributed by atoms with van der Waals surface area (Å²) in [4.78, 5) is 11.4. The zero-order valence-electron chi connectivity index (χ0n) is 7.29. The summed E-state index contributed by atoms with van der Waals surface area (Å²) in [6, 6.07) is 8.08. The van der Waals surface area contributed by atoms with Gasteiger partial charge in [-0.05, 0) is 30.5 Å². The fourth-order valence-electron chi connectivity index (χ4n) is 1.86. The monoisotopic (exact) mass is 238 g/mol. The smallest absolute Gasteiger partial charge is 0.140 e. The molecule has 1 aliphatic rings. The first-order valence-electron chi connectivity index (χ1n) is 4.55. The molecule has 1 fully saturated rings. The summed E-state index contributed by atoms with van der Waals surface area (Å²) < 4.78 is 1.07. The molecular formula is C11H11BrO. The van der Waals surface area contributed by atoms with E-state index in [9.17, 15) is 4.79 Å². The summed E-state index contributed by atoms with van der Waals surface area (Å²) in [5, 5.41) is 0. The Kier molecular flexibility index (Phi) is 2.49. The van der Waals surface area contributed by atoms with Crippen molar-refractivity contribution >= 4 is 21.7 Å². The summed E-state index contributed by atoms with van der Waals surface area (Å²) in [6.07, 6.45) is 2.85. The number of hydrogen-bond donors (Lipinski definition) is 0. The number of rotatable bonds is 1. The Balaban J connectivity index is 2.25. The molecule has 0 unspecified atom stereocenters. The van der Waals surface area contributed by atoms with Crippen molar-refractivity contribution in [2.24, 2.45) is 0 Å². The summed E-state index contributed by atoms with van der Waals surface area (Å²) in [5.41, 5.74) is 1.17. The van der Waals surface area contributed by atoms with Gasteiger partial charge in [0.25, 0.3) is 0 Å². The number of benzene rings is 1. The number of halogens is 1. The summed E-state index contributed by atoms with van der Waals surface area (Å²) in [5.74, 6) is 0.579. The van der Waals surface area contributed by atoms with Crippen LogP contribution in [0.15, 0.2) is 28.7 Å². The first kappa shape index (κ1) is 8.95. The summed E-state index contributed by atoms with van der Waals surface area (Å²) in [7, 11) is 0. The predicted octanol–water partition coefficient (Wildman–Crippen LogP) is 3.29. The minimum absolute atomic E-state index is 0.174. The van der Waals surface area contributed by atoms with Gasteiger partial charge < -0.3 is 0 Å². The number of Topliss-reactive ketones (excluding diaryl/α,β-unsaturated/α-hetero) is 1. The number of carbonyl (C=O) groups excluding carboxylic acids is 1. The third kappa shape index (κ3) is 1.83. The highest BCUT2D eigenvalue weighted by Gasteiger charge is 2.25. The molecule has 1 aromatic carbocycles. The third-order valence-electron chi connectivity index (χ3n) is 2.58. The van der Waals surface area contributed by atoms with E-state index in [0.717, 1.165) is 23.7 Å². The fourth-order valence-corrected chi connectivity index (χ4v) is 2.13. The maximum Gasteiger partial charge on any atom is 0.140 e. The normalized spacial score (nSPS) is 22.2. The predicted molar refractivity (Wildman–Crippen MR) is 55.7 cm³/mol. The standard InChI is InChI=1S/C11H11BrO/c12-9-6-4-8(5-7-9)10-2-1-3-11(10)13/h4-7,10H,1-3H2/t10-/m0/s1. The van der Waals surface area contributed by atoms with Gasteiger partial charge in [0, 0.05) is 16.8 Å². The molecule has 0 aromatic heterocycles. The van der Waals surface area contributed by atoms with Gasteiger partial charge in [-0.15, -0.1) is 0 Å². The zero-order chi connectivity index (χ0) is 9.26. The Morgan fingerprint density at radius 2 is 1.92 bits per heavy atom. The van der Waals surface area contributed by atoms with Gasteiger partial charge >= 0.3 is 0 Å². The van der Waals surface area contributed by atoms with Crippen molar-refractivity contribution in [2.75, 3.05) is 0 Å². The van der Waals surface area contributed by atoms with Crippen molar-refractivity contribution in [3.63, 3.8) is 0 Å². The fraction of sp³-hybridized carbons (Fsp3) is 0.364. The van der Waals surface area contributed by atoms with Gasteiger partial charge in [-0.1, -0.05) is 28.1 Å². The van der Waals surface area contributed by atoms with Gasteiger partial charge in [0.1, 0.15) is 5.78 Å². The van der Waals surface area contributed by atoms with Crippen LogP contribution < -0.4 is 0 Å². The summed E-state index contributed by atoms with van der Waals surface area (Å²) >= 11 is 3.38. The average Bonchev–Trinajstić information content (AvgIpc) is 2.53. The van der Waals surface area contributed by atoms with Gasteiger partial charge in [0.2, 0.25) is 0 Å². The van der Waals surface area contributed by atoms with Crippen molar-refractivity contribution in [3.05, 3.63) is 34.3 Å². The lowest BCUT2D eigenvalue weighted by atomic mass is 9.97. The zero-order valence-corrected chi connectivity index (χ0v) is 8.88. The number of hydrogen-bond acceptors (Lipinski definition) is 1. The van der Waals surface area contributed by atoms with Crippen LogP contribution in [0.5, 0.6) is 0 Å². The molecule has 0 bridgehead atoms. The largest absolute Gasteiger partial charge is 0.299 e. The van der Waals surface area contributed by atoms with Crippen molar-refractivity contribution in [3.8, 4) is 0 Å². The van der Waals surface area contributed by atoms with Crippen LogP contribution in [0.2, 0.25) is 0 Å². The number of ketones is 1. The molecular weight excluding hydrogens is 228 g/mol. The van der Waals surface area contributed by atoms with Gasteiger partial charge in [-0.2, -0.15) is 0 Å². The van der Waals surface area contributed by atoms with Gasteiger partial charge in [-0.25, -0.2) is 0 Å². The van der Waals surface area contributed by atoms with Crippen LogP contribution >= 0.6 is 15.9 Å². The average molecular weight is 239 g/mol. The summed E-state index contributed by atoms with van der Waals surface area (Å²) in [6.45, 7) is 0. The van der Waals surface area contributed by atoms with Crippen LogP contribution in [-0.2, 0) is 4.79 Å². The topological polar surface area (TPSA) is 17.1 Å². The molecule has 0 radical (unpaired) electrons. The minimum atomic E-state index is 0.174. The van der Waals surface area contributed by atoms with Gasteiger partial charge in [-0.3, -0.25) is 4.79 Å². The minimum Gasteiger partial charge on any atom is -0.299 e. The molecule has 13 heavy (non-hydrogen) atoms. The quantitative estimate of drug-likeness (QED) is 0.734. The Bertz CT molecular complexity index is 315. The molecule has 0 heterocycles. The first-order chi connectivity index (χ1) is 6.27. The van der Waals surface area contributed by atoms with Crippen LogP contribution in [0.4, 0.5) is 0 Å². The van der Waals surface area contributed by atoms with Gasteiger partial charge in [0.05, 0.1) is 0 Å². The molecule has 1 atom stereocenters. The van der Waals surface area contributed by atoms with E-state index < -0.39 is 0 Å². The van der Waals surface area contributed by atoms with E-state index in [2.05, 4.69) is 15.9 Å². The van der Waals surface area contributed by atoms with Crippen molar-refractivity contribution in [1.29, 1.82) is 0 Å². The molecule has 2 heteroatoms. The van der Waals surface area contributed by atoms with Crippen LogP contribution in [-0.4, -0.2) is 5.78 Å². The van der Waals surface area contributed by atoms with E-state index in [-0.39, 0.29) is 5.92 Å². The van der Waals surface area contributed by atoms with E-state index >= 15 is 0 Å². The van der Waals surface area contributed by atoms with Gasteiger partial charge in [0.15, 0.2) is 0 Å². The highest BCUT2D eigenvalue weighted by atomic mass is 79.9. The second kappa shape index (κ2) is 3.62. The van der Waals surface area contributed by atoms with Crippen LogP contribution in [0.1, 0.15) is 30.7 Å². The number of carbonyl (C=O) groups is 1. The molecule has 1 saturated carbocycles. The Morgan fingerprint density at radius 3 is 2.46 bits per heavy atom. The second-order valence-electron chi connectivity index (χ2n) is 3.46. The van der Waals surface area contributed by atoms with Crippen LogP contribution in [0, 0.1) is 0 Å². The lowest BCUT2D eigenvalue weighted by molar-refractivity contribution is -0.118. The van der Waals surface area contributed by atoms with E-state index in [0.29, 0.717) is 5.78 Å². The molecule has 0 spiro atoms. The van der Waals surface area contributed by atoms with Crippen LogP contribution in [0.25, 0.3) is 0 Å². The van der Waals surface area contributed by atoms with Crippen LogP contribution in [0.3, 0.4) is 0 Å². The Hall–Kier alpha value is -0.630. The van der Waals surface area contributed by atoms with Crippen molar-refractivity contribution in [2.45, 2.75) is 25.2 Å². The SMILES string of the molecule is O=C1CCC[C@H]1c1ccc(Br)cc1. The molecule has 1 aromatic rings. The lowest BCUT2D eigenvalue weighted by Crippen LogP contribution is -2.03. The van der Waals surface area contributed by atoms with E-state index in [1.807, 2.05) is 24.3 Å². The van der Waals surface area contributed by atoms with E-state index in [1.54, 1.807) is 0 Å². The third-order valence-corrected chi connectivity index (χ3v) is 3.11.